The Morgan fingerprint density at radius 1 is 0.755 bits per heavy atom. The van der Waals surface area contributed by atoms with Gasteiger partial charge < -0.3 is 49.5 Å². The van der Waals surface area contributed by atoms with Crippen LogP contribution in [0.2, 0.25) is 0 Å². The first-order valence-corrected chi connectivity index (χ1v) is 16.6. The standard InChI is InChI=1S/C16H25NO3.C16H22O4.C4H6O5/c2*1-18-15-8-7-12(11-16(15)19-2)9-10-20-14-6-4-3-5-13(14)17;5-2(4(8)9)1-3(6)7/h7-8,11,13-14H,3-6,9-10,17H2,1-2H3;7-8,11,14H,3-6,9-10H2,1-2H3;2,5H,1H2,(H,6,7)(H,8,9)/t13-,14-;;2-/m1.1/s1. The summed E-state index contributed by atoms with van der Waals surface area (Å²) in [4.78, 5) is 31.1. The number of ether oxygens (including phenoxy) is 6. The number of aliphatic hydroxyl groups excluding tert-OH is 1. The van der Waals surface area contributed by atoms with Gasteiger partial charge in [0.15, 0.2) is 34.9 Å². The van der Waals surface area contributed by atoms with Crippen molar-refractivity contribution in [1.82, 2.24) is 0 Å². The summed E-state index contributed by atoms with van der Waals surface area (Å²) in [7, 11) is 6.54. The Balaban J connectivity index is 0.000000275. The molecule has 0 amide bonds. The van der Waals surface area contributed by atoms with E-state index in [1.807, 2.05) is 36.4 Å². The molecule has 2 aliphatic rings. The summed E-state index contributed by atoms with van der Waals surface area (Å²) in [5, 5.41) is 24.1. The largest absolute Gasteiger partial charge is 0.493 e. The smallest absolute Gasteiger partial charge is 0.333 e. The SMILES string of the molecule is COc1ccc(CCOC2CCCCC2=O)cc1OC.COc1ccc(CCO[C@@H]2CCCC[C@H]2N)cc1OC.O=C(O)C[C@@H](O)C(=O)O. The molecule has 0 radical (unpaired) electrons. The van der Waals surface area contributed by atoms with Gasteiger partial charge in [-0.25, -0.2) is 4.79 Å². The lowest BCUT2D eigenvalue weighted by Gasteiger charge is -2.28. The minimum Gasteiger partial charge on any atom is -0.493 e. The molecule has 5 N–H and O–H groups in total. The highest BCUT2D eigenvalue weighted by Crippen LogP contribution is 2.29. The van der Waals surface area contributed by atoms with Crippen molar-refractivity contribution in [2.24, 2.45) is 5.73 Å². The third kappa shape index (κ3) is 15.0. The zero-order valence-electron chi connectivity index (χ0n) is 29.1. The summed E-state index contributed by atoms with van der Waals surface area (Å²) < 4.78 is 32.7. The molecule has 2 aliphatic carbocycles. The number of hydrogen-bond acceptors (Lipinski definition) is 11. The highest BCUT2D eigenvalue weighted by Gasteiger charge is 2.23. The van der Waals surface area contributed by atoms with E-state index in [-0.39, 0.29) is 24.0 Å². The number of ketones is 1. The summed E-state index contributed by atoms with van der Waals surface area (Å²) in [6.07, 6.45) is 7.39. The monoisotopic (exact) mass is 691 g/mol. The topological polar surface area (TPSA) is 193 Å². The van der Waals surface area contributed by atoms with Crippen molar-refractivity contribution in [2.75, 3.05) is 41.7 Å². The van der Waals surface area contributed by atoms with E-state index in [0.717, 1.165) is 73.5 Å². The molecule has 4 atom stereocenters. The molecule has 2 aromatic rings. The molecular weight excluding hydrogens is 638 g/mol. The van der Waals surface area contributed by atoms with Gasteiger partial charge in [-0.2, -0.15) is 0 Å². The average Bonchev–Trinajstić information content (AvgIpc) is 3.10. The fourth-order valence-corrected chi connectivity index (χ4v) is 5.43. The summed E-state index contributed by atoms with van der Waals surface area (Å²) in [6, 6.07) is 12.0. The Hall–Kier alpha value is -3.91. The van der Waals surface area contributed by atoms with E-state index >= 15 is 0 Å². The maximum Gasteiger partial charge on any atom is 0.333 e. The highest BCUT2D eigenvalue weighted by molar-refractivity contribution is 5.83. The van der Waals surface area contributed by atoms with Gasteiger partial charge in [-0.15, -0.1) is 0 Å². The number of benzene rings is 2. The number of methoxy groups -OCH3 is 4. The van der Waals surface area contributed by atoms with Crippen molar-refractivity contribution < 1.29 is 58.1 Å². The number of carbonyl (C=O) groups excluding carboxylic acids is 1. The van der Waals surface area contributed by atoms with Gasteiger partial charge in [0, 0.05) is 12.5 Å². The first-order valence-electron chi connectivity index (χ1n) is 16.6. The number of hydrogen-bond donors (Lipinski definition) is 4. The molecule has 0 saturated heterocycles. The van der Waals surface area contributed by atoms with E-state index in [9.17, 15) is 14.4 Å². The van der Waals surface area contributed by atoms with Crippen LogP contribution >= 0.6 is 0 Å². The van der Waals surface area contributed by atoms with Gasteiger partial charge >= 0.3 is 11.9 Å². The van der Waals surface area contributed by atoms with Crippen molar-refractivity contribution >= 4 is 17.7 Å². The summed E-state index contributed by atoms with van der Waals surface area (Å²) in [6.45, 7) is 1.26. The van der Waals surface area contributed by atoms with E-state index in [1.165, 1.54) is 18.4 Å². The normalized spacial score (nSPS) is 19.2. The quantitative estimate of drug-likeness (QED) is 0.208. The van der Waals surface area contributed by atoms with E-state index in [1.54, 1.807) is 28.4 Å². The van der Waals surface area contributed by atoms with Crippen LogP contribution in [-0.4, -0.2) is 99.0 Å². The number of carboxylic acids is 2. The second-order valence-corrected chi connectivity index (χ2v) is 11.8. The lowest BCUT2D eigenvalue weighted by atomic mass is 9.93. The third-order valence-corrected chi connectivity index (χ3v) is 8.23. The Bertz CT molecular complexity index is 1300. The molecule has 13 nitrogen and oxygen atoms in total. The van der Waals surface area contributed by atoms with Gasteiger partial charge in [0.25, 0.3) is 0 Å². The molecule has 13 heteroatoms. The van der Waals surface area contributed by atoms with Crippen molar-refractivity contribution in [1.29, 1.82) is 0 Å². The van der Waals surface area contributed by atoms with Crippen molar-refractivity contribution in [3.8, 4) is 23.0 Å². The van der Waals surface area contributed by atoms with Crippen molar-refractivity contribution in [3.63, 3.8) is 0 Å². The van der Waals surface area contributed by atoms with Crippen molar-refractivity contribution in [3.05, 3.63) is 47.5 Å². The molecule has 4 rings (SSSR count). The zero-order valence-corrected chi connectivity index (χ0v) is 29.1. The van der Waals surface area contributed by atoms with E-state index in [4.69, 9.17) is 49.5 Å². The Morgan fingerprint density at radius 3 is 1.71 bits per heavy atom. The van der Waals surface area contributed by atoms with Crippen molar-refractivity contribution in [2.45, 2.75) is 95.0 Å². The second-order valence-electron chi connectivity index (χ2n) is 11.8. The fraction of sp³-hybridized carbons (Fsp3) is 0.583. The number of carboxylic acid groups (broad SMARTS) is 2. The number of Topliss-reactive ketones (excluding diaryl/α,β-unsaturated/α-hetero) is 1. The van der Waals surface area contributed by atoms with Crippen LogP contribution in [0.3, 0.4) is 0 Å². The summed E-state index contributed by atoms with van der Waals surface area (Å²) in [5.74, 6) is 0.370. The lowest BCUT2D eigenvalue weighted by molar-refractivity contribution is -0.152. The van der Waals surface area contributed by atoms with Crippen LogP contribution in [0.4, 0.5) is 0 Å². The van der Waals surface area contributed by atoms with Crippen LogP contribution in [0.15, 0.2) is 36.4 Å². The highest BCUT2D eigenvalue weighted by atomic mass is 16.5. The lowest BCUT2D eigenvalue weighted by Crippen LogP contribution is -2.39. The first-order chi connectivity index (χ1) is 23.5. The first kappa shape index (κ1) is 41.3. The maximum atomic E-state index is 11.7. The zero-order chi connectivity index (χ0) is 36.2. The third-order valence-electron chi connectivity index (χ3n) is 8.23. The van der Waals surface area contributed by atoms with Crippen LogP contribution in [0.1, 0.15) is 68.9 Å². The molecular formula is C36H53NO12. The van der Waals surface area contributed by atoms with Crippen LogP contribution in [0, 0.1) is 0 Å². The molecule has 2 aromatic carbocycles. The number of carbonyl (C=O) groups is 3. The molecule has 0 aliphatic heterocycles. The predicted molar refractivity (Wildman–Crippen MR) is 182 cm³/mol. The number of nitrogens with two attached hydrogens (primary N) is 1. The van der Waals surface area contributed by atoms with Gasteiger partial charge in [0.2, 0.25) is 0 Å². The number of aliphatic carboxylic acids is 2. The van der Waals surface area contributed by atoms with Crippen LogP contribution in [0.5, 0.6) is 23.0 Å². The summed E-state index contributed by atoms with van der Waals surface area (Å²) in [5.41, 5.74) is 8.38. The van der Waals surface area contributed by atoms with Gasteiger partial charge in [0.1, 0.15) is 6.10 Å². The minimum absolute atomic E-state index is 0.191. The Labute approximate surface area is 288 Å². The fourth-order valence-electron chi connectivity index (χ4n) is 5.43. The average molecular weight is 692 g/mol. The molecule has 0 aromatic heterocycles. The Kier molecular flexibility index (Phi) is 19.1. The van der Waals surface area contributed by atoms with E-state index in [2.05, 4.69) is 0 Å². The maximum absolute atomic E-state index is 11.7. The van der Waals surface area contributed by atoms with Gasteiger partial charge in [-0.1, -0.05) is 25.0 Å². The molecule has 49 heavy (non-hydrogen) atoms. The summed E-state index contributed by atoms with van der Waals surface area (Å²) >= 11 is 0. The second kappa shape index (κ2) is 22.7. The van der Waals surface area contributed by atoms with Gasteiger partial charge in [-0.05, 0) is 80.3 Å². The molecule has 2 saturated carbocycles. The van der Waals surface area contributed by atoms with Gasteiger partial charge in [-0.3, -0.25) is 9.59 Å². The number of aliphatic hydroxyl groups is 1. The molecule has 1 unspecified atom stereocenters. The number of rotatable bonds is 15. The van der Waals surface area contributed by atoms with Crippen LogP contribution in [0.25, 0.3) is 0 Å². The van der Waals surface area contributed by atoms with Gasteiger partial charge in [0.05, 0.1) is 54.2 Å². The molecule has 0 spiro atoms. The molecule has 0 bridgehead atoms. The molecule has 0 heterocycles. The van der Waals surface area contributed by atoms with E-state index < -0.39 is 24.5 Å². The Morgan fingerprint density at radius 2 is 1.27 bits per heavy atom. The molecule has 274 valence electrons. The minimum atomic E-state index is -1.79. The van der Waals surface area contributed by atoms with Crippen LogP contribution in [-0.2, 0) is 36.7 Å². The predicted octanol–water partition coefficient (Wildman–Crippen LogP) is 4.21. The van der Waals surface area contributed by atoms with Crippen LogP contribution < -0.4 is 24.7 Å². The molecule has 2 fully saturated rings. The van der Waals surface area contributed by atoms with E-state index in [0.29, 0.717) is 19.6 Å².